The van der Waals surface area contributed by atoms with E-state index < -0.39 is 0 Å². The average Bonchev–Trinajstić information content (AvgIpc) is 2.52. The number of aromatic amines is 1. The maximum absolute atomic E-state index is 12.1. The van der Waals surface area contributed by atoms with Crippen LogP contribution >= 0.6 is 23.2 Å². The van der Waals surface area contributed by atoms with E-state index in [1.54, 1.807) is 12.1 Å². The molecule has 23 heavy (non-hydrogen) atoms. The molecule has 0 spiro atoms. The van der Waals surface area contributed by atoms with Crippen LogP contribution in [0.3, 0.4) is 0 Å². The number of fused-ring (bicyclic) bond motifs is 1. The highest BCUT2D eigenvalue weighted by Crippen LogP contribution is 2.24. The molecule has 0 amide bonds. The third-order valence-electron chi connectivity index (χ3n) is 3.65. The Balaban J connectivity index is 1.81. The van der Waals surface area contributed by atoms with Gasteiger partial charge in [0.1, 0.15) is 13.1 Å². The predicted octanol–water partition coefficient (Wildman–Crippen LogP) is 2.44. The molecule has 1 unspecified atom stereocenters. The fourth-order valence-corrected chi connectivity index (χ4v) is 2.96. The molecule has 4 nitrogen and oxygen atoms in total. The summed E-state index contributed by atoms with van der Waals surface area (Å²) in [6.07, 6.45) is 0. The molecular weight excluding hydrogens is 333 g/mol. The number of hydrogen-bond acceptors (Lipinski definition) is 2. The van der Waals surface area contributed by atoms with E-state index in [2.05, 4.69) is 9.97 Å². The van der Waals surface area contributed by atoms with Gasteiger partial charge in [-0.3, -0.25) is 4.79 Å². The molecule has 2 aromatic carbocycles. The minimum atomic E-state index is -0.112. The molecule has 0 bridgehead atoms. The molecule has 0 aliphatic rings. The summed E-state index contributed by atoms with van der Waals surface area (Å²) in [7, 11) is 2.02. The smallest absolute Gasteiger partial charge is 0.258 e. The number of quaternary nitrogens is 1. The molecule has 1 aromatic heterocycles. The van der Waals surface area contributed by atoms with Gasteiger partial charge in [-0.25, -0.2) is 4.98 Å². The highest BCUT2D eigenvalue weighted by Gasteiger charge is 2.12. The zero-order valence-electron chi connectivity index (χ0n) is 12.6. The maximum atomic E-state index is 12.1. The van der Waals surface area contributed by atoms with Crippen molar-refractivity contribution in [3.8, 4) is 0 Å². The monoisotopic (exact) mass is 348 g/mol. The number of hydrogen-bond donors (Lipinski definition) is 2. The number of aromatic nitrogens is 2. The van der Waals surface area contributed by atoms with Crippen molar-refractivity contribution in [2.75, 3.05) is 7.05 Å². The summed E-state index contributed by atoms with van der Waals surface area (Å²) in [5, 5.41) is 1.73. The second-order valence-electron chi connectivity index (χ2n) is 5.55. The van der Waals surface area contributed by atoms with Crippen LogP contribution in [-0.4, -0.2) is 17.0 Å². The van der Waals surface area contributed by atoms with E-state index in [-0.39, 0.29) is 5.56 Å². The van der Waals surface area contributed by atoms with Gasteiger partial charge in [0.05, 0.1) is 28.0 Å². The van der Waals surface area contributed by atoms with E-state index in [0.717, 1.165) is 10.5 Å². The summed E-state index contributed by atoms with van der Waals surface area (Å²) in [5.41, 5.74) is 1.57. The Labute approximate surface area is 143 Å². The number of rotatable bonds is 4. The van der Waals surface area contributed by atoms with Gasteiger partial charge in [-0.15, -0.1) is 0 Å². The molecule has 0 radical (unpaired) electrons. The predicted molar refractivity (Wildman–Crippen MR) is 93.1 cm³/mol. The summed E-state index contributed by atoms with van der Waals surface area (Å²) in [6.45, 7) is 1.28. The molecule has 0 aliphatic carbocycles. The molecule has 118 valence electrons. The summed E-state index contributed by atoms with van der Waals surface area (Å²) >= 11 is 12.3. The van der Waals surface area contributed by atoms with Crippen molar-refractivity contribution >= 4 is 34.1 Å². The molecule has 3 rings (SSSR count). The summed E-state index contributed by atoms with van der Waals surface area (Å²) in [6, 6.07) is 12.9. The van der Waals surface area contributed by atoms with Crippen LogP contribution in [0.5, 0.6) is 0 Å². The van der Waals surface area contributed by atoms with Crippen LogP contribution in [0.25, 0.3) is 10.9 Å². The second-order valence-corrected chi connectivity index (χ2v) is 6.34. The van der Waals surface area contributed by atoms with Gasteiger partial charge in [0.2, 0.25) is 0 Å². The summed E-state index contributed by atoms with van der Waals surface area (Å²) in [4.78, 5) is 20.6. The molecule has 0 aliphatic heterocycles. The highest BCUT2D eigenvalue weighted by molar-refractivity contribution is 6.42. The van der Waals surface area contributed by atoms with Gasteiger partial charge < -0.3 is 9.88 Å². The molecule has 6 heteroatoms. The van der Waals surface area contributed by atoms with Gasteiger partial charge in [-0.2, -0.15) is 0 Å². The van der Waals surface area contributed by atoms with E-state index in [9.17, 15) is 4.79 Å². The quantitative estimate of drug-likeness (QED) is 0.760. The number of benzene rings is 2. The minimum Gasteiger partial charge on any atom is -0.327 e. The highest BCUT2D eigenvalue weighted by atomic mass is 35.5. The first-order valence-electron chi connectivity index (χ1n) is 7.26. The zero-order valence-corrected chi connectivity index (χ0v) is 14.1. The Kier molecular flexibility index (Phi) is 4.66. The third-order valence-corrected chi connectivity index (χ3v) is 4.51. The van der Waals surface area contributed by atoms with Gasteiger partial charge in [0.25, 0.3) is 5.56 Å². The first kappa shape index (κ1) is 16.0. The average molecular weight is 349 g/mol. The molecule has 0 saturated carbocycles. The van der Waals surface area contributed by atoms with Crippen molar-refractivity contribution in [2.45, 2.75) is 13.1 Å². The van der Waals surface area contributed by atoms with E-state index >= 15 is 0 Å². The first-order chi connectivity index (χ1) is 11.0. The lowest BCUT2D eigenvalue weighted by Gasteiger charge is -2.15. The number of halogens is 2. The van der Waals surface area contributed by atoms with Crippen molar-refractivity contribution in [3.05, 3.63) is 74.3 Å². The molecule has 0 saturated heterocycles. The molecule has 0 fully saturated rings. The Morgan fingerprint density at radius 3 is 2.70 bits per heavy atom. The van der Waals surface area contributed by atoms with Crippen LogP contribution in [0.4, 0.5) is 0 Å². The molecule has 1 heterocycles. The molecule has 1 atom stereocenters. The van der Waals surface area contributed by atoms with Crippen LogP contribution in [0.2, 0.25) is 10.0 Å². The summed E-state index contributed by atoms with van der Waals surface area (Å²) < 4.78 is 0. The minimum absolute atomic E-state index is 0.112. The van der Waals surface area contributed by atoms with Crippen molar-refractivity contribution in [3.63, 3.8) is 0 Å². The maximum Gasteiger partial charge on any atom is 0.258 e. The van der Waals surface area contributed by atoms with Crippen molar-refractivity contribution in [1.29, 1.82) is 0 Å². The van der Waals surface area contributed by atoms with Gasteiger partial charge in [-0.1, -0.05) is 47.5 Å². The van der Waals surface area contributed by atoms with Gasteiger partial charge >= 0.3 is 0 Å². The summed E-state index contributed by atoms with van der Waals surface area (Å²) in [5.74, 6) is 0.657. The molecule has 3 aromatic rings. The van der Waals surface area contributed by atoms with Crippen LogP contribution in [0, 0.1) is 0 Å². The van der Waals surface area contributed by atoms with E-state index in [1.165, 1.54) is 0 Å². The van der Waals surface area contributed by atoms with E-state index in [4.69, 9.17) is 23.2 Å². The van der Waals surface area contributed by atoms with Crippen LogP contribution in [-0.2, 0) is 13.1 Å². The molecule has 2 N–H and O–H groups in total. The zero-order chi connectivity index (χ0) is 16.4. The van der Waals surface area contributed by atoms with Gasteiger partial charge in [-0.05, 0) is 18.2 Å². The Bertz CT molecular complexity index is 908. The Morgan fingerprint density at radius 1 is 1.09 bits per heavy atom. The number of H-pyrrole nitrogens is 1. The lowest BCUT2D eigenvalue weighted by atomic mass is 10.2. The topological polar surface area (TPSA) is 50.2 Å². The third kappa shape index (κ3) is 3.55. The fourth-order valence-electron chi connectivity index (χ4n) is 2.58. The second kappa shape index (κ2) is 6.71. The van der Waals surface area contributed by atoms with E-state index in [0.29, 0.717) is 39.9 Å². The van der Waals surface area contributed by atoms with Gasteiger partial charge in [0.15, 0.2) is 5.82 Å². The van der Waals surface area contributed by atoms with Crippen molar-refractivity contribution in [1.82, 2.24) is 9.97 Å². The standard InChI is InChI=1S/C17H15Cl2N3O/c1-22(9-11-5-4-7-13(18)16(11)19)10-15-20-14-8-3-2-6-12(14)17(23)21-15/h2-8H,9-10H2,1H3,(H,20,21,23)/p+1. The largest absolute Gasteiger partial charge is 0.327 e. The van der Waals surface area contributed by atoms with Crippen LogP contribution in [0.1, 0.15) is 11.4 Å². The Morgan fingerprint density at radius 2 is 1.87 bits per heavy atom. The Hall–Kier alpha value is -1.88. The van der Waals surface area contributed by atoms with E-state index in [1.807, 2.05) is 37.4 Å². The first-order valence-corrected chi connectivity index (χ1v) is 8.02. The van der Waals surface area contributed by atoms with Crippen LogP contribution in [0.15, 0.2) is 47.3 Å². The normalized spacial score (nSPS) is 12.5. The number of nitrogens with one attached hydrogen (secondary N) is 2. The SMILES string of the molecule is C[NH+](Cc1nc2ccccc2c(=O)[nH]1)Cc1cccc(Cl)c1Cl. The van der Waals surface area contributed by atoms with Crippen molar-refractivity contribution in [2.24, 2.45) is 0 Å². The molecular formula is C17H16Cl2N3O+. The lowest BCUT2D eigenvalue weighted by molar-refractivity contribution is -0.908. The number of para-hydroxylation sites is 1. The van der Waals surface area contributed by atoms with Crippen molar-refractivity contribution < 1.29 is 4.90 Å². The van der Waals surface area contributed by atoms with Gasteiger partial charge in [0, 0.05) is 5.56 Å². The van der Waals surface area contributed by atoms with Crippen LogP contribution < -0.4 is 10.5 Å². The fraction of sp³-hybridized carbons (Fsp3) is 0.176. The number of nitrogens with zero attached hydrogens (tertiary/aromatic N) is 1. The lowest BCUT2D eigenvalue weighted by Crippen LogP contribution is -3.06.